The number of primary amides is 1. The summed E-state index contributed by atoms with van der Waals surface area (Å²) in [5.74, 6) is -0.0690. The molecule has 0 aliphatic rings. The first kappa shape index (κ1) is 21.7. The predicted molar refractivity (Wildman–Crippen MR) is 109 cm³/mol. The summed E-state index contributed by atoms with van der Waals surface area (Å²) in [6.07, 6.45) is 0. The molecule has 0 bridgehead atoms. The Hall–Kier alpha value is -1.57. The van der Waals surface area contributed by atoms with Gasteiger partial charge in [-0.05, 0) is 0 Å². The standard InChI is InChI=1S/C17H20AsClN2O5S/c1-24-4-5-25-6-7-26-13-3-2-10(8-12(13)19)14-9-11(15(20)22)16(27-14)21-17(18)23/h2-3,8-9H,4-7,18H2,1H3,(H2,20,22)(H,21,23). The third-order valence-corrected chi connectivity index (χ3v) is 5.07. The average Bonchev–Trinajstić information content (AvgIpc) is 3.02. The van der Waals surface area contributed by atoms with E-state index >= 15 is 0 Å². The number of carbonyl (C=O) groups excluding carboxylic acids is 2. The Kier molecular flexibility index (Phi) is 8.60. The van der Waals surface area contributed by atoms with Crippen molar-refractivity contribution in [3.8, 4) is 16.2 Å². The number of benzene rings is 1. The first-order valence-corrected chi connectivity index (χ1v) is 10.3. The number of halogens is 1. The van der Waals surface area contributed by atoms with Gasteiger partial charge in [-0.25, -0.2) is 0 Å². The third-order valence-electron chi connectivity index (χ3n) is 3.37. The number of carbonyl (C=O) groups is 2. The molecule has 1 unspecified atom stereocenters. The number of rotatable bonds is 10. The molecule has 0 radical (unpaired) electrons. The fourth-order valence-corrected chi connectivity index (χ4v) is 3.97. The number of methoxy groups -OCH3 is 1. The number of anilines is 1. The van der Waals surface area contributed by atoms with E-state index in [-0.39, 0.29) is 10.3 Å². The van der Waals surface area contributed by atoms with Gasteiger partial charge in [0.2, 0.25) is 0 Å². The zero-order valence-corrected chi connectivity index (χ0v) is 18.6. The van der Waals surface area contributed by atoms with E-state index in [0.717, 1.165) is 27.3 Å². The Balaban J connectivity index is 2.08. The molecule has 2 amide bonds. The summed E-state index contributed by atoms with van der Waals surface area (Å²) in [5, 5.41) is 3.51. The second-order valence-electron chi connectivity index (χ2n) is 5.31. The number of nitrogens with two attached hydrogens (primary N) is 1. The molecule has 3 N–H and O–H groups in total. The molecule has 0 spiro atoms. The zero-order valence-electron chi connectivity index (χ0n) is 14.6. The molecule has 7 nitrogen and oxygen atoms in total. The molecule has 2 rings (SSSR count). The molecule has 1 aromatic carbocycles. The monoisotopic (exact) mass is 474 g/mol. The van der Waals surface area contributed by atoms with Gasteiger partial charge in [0.25, 0.3) is 0 Å². The van der Waals surface area contributed by atoms with Crippen LogP contribution in [-0.4, -0.2) is 61.0 Å². The normalized spacial score (nSPS) is 10.6. The number of ether oxygens (including phenoxy) is 3. The molecule has 0 fully saturated rings. The summed E-state index contributed by atoms with van der Waals surface area (Å²) < 4.78 is 15.6. The van der Waals surface area contributed by atoms with Crippen LogP contribution in [0, 0.1) is 0 Å². The molecule has 1 atom stereocenters. The molecular weight excluding hydrogens is 455 g/mol. The van der Waals surface area contributed by atoms with E-state index in [2.05, 4.69) is 5.32 Å². The van der Waals surface area contributed by atoms with Crippen molar-refractivity contribution in [3.63, 3.8) is 0 Å². The minimum absolute atomic E-state index is 0.215. The summed E-state index contributed by atoms with van der Waals surface area (Å²) in [7, 11) is 1.61. The van der Waals surface area contributed by atoms with Crippen molar-refractivity contribution in [1.82, 2.24) is 0 Å². The van der Waals surface area contributed by atoms with Gasteiger partial charge >= 0.3 is 145 Å². The van der Waals surface area contributed by atoms with Gasteiger partial charge in [-0.2, -0.15) is 0 Å². The number of amides is 2. The van der Waals surface area contributed by atoms with E-state index in [4.69, 9.17) is 31.5 Å². The Bertz CT molecular complexity index is 815. The van der Waals surface area contributed by atoms with E-state index in [0.29, 0.717) is 42.2 Å². The maximum atomic E-state index is 11.6. The van der Waals surface area contributed by atoms with E-state index in [1.807, 2.05) is 6.07 Å². The third kappa shape index (κ3) is 6.52. The van der Waals surface area contributed by atoms with E-state index < -0.39 is 5.91 Å². The van der Waals surface area contributed by atoms with Gasteiger partial charge in [-0.15, -0.1) is 0 Å². The Labute approximate surface area is 174 Å². The van der Waals surface area contributed by atoms with Crippen LogP contribution in [0.5, 0.6) is 5.75 Å². The number of thiophene rings is 1. The fraction of sp³-hybridized carbons (Fsp3) is 0.294. The van der Waals surface area contributed by atoms with Crippen LogP contribution in [0.3, 0.4) is 0 Å². The quantitative estimate of drug-likeness (QED) is 0.407. The summed E-state index contributed by atoms with van der Waals surface area (Å²) in [4.78, 5) is 23.7. The summed E-state index contributed by atoms with van der Waals surface area (Å²) in [6.45, 7) is 1.83. The summed E-state index contributed by atoms with van der Waals surface area (Å²) in [6, 6.07) is 6.95. The molecule has 1 heterocycles. The molecule has 0 saturated carbocycles. The Morgan fingerprint density at radius 2 is 1.96 bits per heavy atom. The van der Waals surface area contributed by atoms with E-state index in [1.54, 1.807) is 25.3 Å². The minimum atomic E-state index is -0.603. The van der Waals surface area contributed by atoms with Gasteiger partial charge < -0.3 is 9.47 Å². The van der Waals surface area contributed by atoms with Crippen LogP contribution in [0.25, 0.3) is 10.4 Å². The van der Waals surface area contributed by atoms with Gasteiger partial charge in [-0.3, -0.25) is 0 Å². The summed E-state index contributed by atoms with van der Waals surface area (Å²) in [5.41, 5.74) is 6.45. The topological polar surface area (TPSA) is 99.9 Å². The molecule has 2 aromatic rings. The van der Waals surface area contributed by atoms with Crippen molar-refractivity contribution in [2.75, 3.05) is 38.9 Å². The summed E-state index contributed by atoms with van der Waals surface area (Å²) >= 11 is 8.45. The van der Waals surface area contributed by atoms with Crippen molar-refractivity contribution in [2.45, 2.75) is 0 Å². The zero-order chi connectivity index (χ0) is 19.8. The van der Waals surface area contributed by atoms with E-state index in [1.165, 1.54) is 11.3 Å². The van der Waals surface area contributed by atoms with Gasteiger partial charge in [-0.1, -0.05) is 0 Å². The molecule has 0 aliphatic heterocycles. The van der Waals surface area contributed by atoms with Crippen LogP contribution in [0.1, 0.15) is 10.4 Å². The van der Waals surface area contributed by atoms with Crippen LogP contribution in [0.2, 0.25) is 5.02 Å². The van der Waals surface area contributed by atoms with Crippen molar-refractivity contribution in [2.24, 2.45) is 5.73 Å². The van der Waals surface area contributed by atoms with Crippen LogP contribution in [-0.2, 0) is 9.47 Å². The Morgan fingerprint density at radius 3 is 2.59 bits per heavy atom. The molecule has 146 valence electrons. The predicted octanol–water partition coefficient (Wildman–Crippen LogP) is 2.37. The Morgan fingerprint density at radius 1 is 1.22 bits per heavy atom. The number of hydrogen-bond donors (Lipinski definition) is 2. The molecule has 27 heavy (non-hydrogen) atoms. The fourth-order valence-electron chi connectivity index (χ4n) is 2.15. The molecular formula is C17H20AsClN2O5S. The molecule has 10 heteroatoms. The first-order valence-electron chi connectivity index (χ1n) is 7.92. The molecule has 0 saturated heterocycles. The molecule has 0 aliphatic carbocycles. The van der Waals surface area contributed by atoms with Crippen LogP contribution >= 0.6 is 22.9 Å². The van der Waals surface area contributed by atoms with Gasteiger partial charge in [0, 0.05) is 7.11 Å². The first-order chi connectivity index (χ1) is 12.9. The van der Waals surface area contributed by atoms with Crippen LogP contribution in [0.15, 0.2) is 24.3 Å². The SMILES string of the molecule is COCCOCCOc1ccc(-c2cc(C(N)=O)c(NC(=O)[AsH2])s2)cc1Cl. The molecule has 1 aromatic heterocycles. The van der Waals surface area contributed by atoms with Crippen molar-refractivity contribution >= 4 is 55.4 Å². The maximum absolute atomic E-state index is 11.6. The van der Waals surface area contributed by atoms with Crippen molar-refractivity contribution in [3.05, 3.63) is 34.9 Å². The van der Waals surface area contributed by atoms with Crippen LogP contribution in [0.4, 0.5) is 9.80 Å². The second kappa shape index (κ2) is 10.7. The average molecular weight is 475 g/mol. The number of hydrogen-bond acceptors (Lipinski definition) is 6. The number of nitrogens with one attached hydrogen (secondary N) is 1. The van der Waals surface area contributed by atoms with Gasteiger partial charge in [0.05, 0.1) is 13.2 Å². The van der Waals surface area contributed by atoms with Crippen LogP contribution < -0.4 is 15.8 Å². The van der Waals surface area contributed by atoms with Crippen molar-refractivity contribution < 1.29 is 23.8 Å². The van der Waals surface area contributed by atoms with Gasteiger partial charge in [0.15, 0.2) is 0 Å². The van der Waals surface area contributed by atoms with Gasteiger partial charge in [0.1, 0.15) is 0 Å². The van der Waals surface area contributed by atoms with E-state index in [9.17, 15) is 9.59 Å². The van der Waals surface area contributed by atoms with Crippen molar-refractivity contribution in [1.29, 1.82) is 0 Å². The second-order valence-corrected chi connectivity index (χ2v) is 7.87.